The molecule has 3 rings (SSSR count). The molecule has 0 spiro atoms. The fraction of sp³-hybridized carbons (Fsp3) is 0.923. The molecule has 0 aromatic carbocycles. The number of nitrogens with one attached hydrogen (secondary N) is 1. The summed E-state index contributed by atoms with van der Waals surface area (Å²) in [6.45, 7) is 3.87. The highest BCUT2D eigenvalue weighted by molar-refractivity contribution is 5.78. The highest BCUT2D eigenvalue weighted by Crippen LogP contribution is 2.44. The van der Waals surface area contributed by atoms with E-state index in [4.69, 9.17) is 4.74 Å². The Kier molecular flexibility index (Phi) is 3.34. The summed E-state index contributed by atoms with van der Waals surface area (Å²) in [7, 11) is 0. The van der Waals surface area contributed by atoms with E-state index in [2.05, 4.69) is 10.2 Å². The van der Waals surface area contributed by atoms with Gasteiger partial charge in [-0.15, -0.1) is 0 Å². The third-order valence-electron chi connectivity index (χ3n) is 4.56. The molecule has 1 aliphatic heterocycles. The number of ether oxygens (including phenoxy) is 1. The average molecular weight is 238 g/mol. The molecule has 1 saturated heterocycles. The van der Waals surface area contributed by atoms with E-state index >= 15 is 0 Å². The third kappa shape index (κ3) is 2.63. The summed E-state index contributed by atoms with van der Waals surface area (Å²) in [6, 6.07) is 0.474. The van der Waals surface area contributed by atoms with Crippen molar-refractivity contribution in [1.29, 1.82) is 0 Å². The standard InChI is InChI=1S/C13H22N2O2/c16-13(9-15-3-5-17-6-4-15)14-12-8-10-1-2-11(12)7-10/h10-12H,1-9H2,(H,14,16)/t10-,11-,12+/m0/s1. The van der Waals surface area contributed by atoms with Gasteiger partial charge in [-0.25, -0.2) is 0 Å². The second-order valence-corrected chi connectivity index (χ2v) is 5.74. The fourth-order valence-corrected chi connectivity index (χ4v) is 3.64. The van der Waals surface area contributed by atoms with Crippen LogP contribution in [0.25, 0.3) is 0 Å². The predicted octanol–water partition coefficient (Wildman–Crippen LogP) is 0.623. The first kappa shape index (κ1) is 11.5. The van der Waals surface area contributed by atoms with Gasteiger partial charge in [-0.2, -0.15) is 0 Å². The Morgan fingerprint density at radius 3 is 2.71 bits per heavy atom. The molecule has 0 radical (unpaired) electrons. The minimum atomic E-state index is 0.212. The van der Waals surface area contributed by atoms with Crippen molar-refractivity contribution >= 4 is 5.91 Å². The van der Waals surface area contributed by atoms with Crippen molar-refractivity contribution in [2.45, 2.75) is 31.7 Å². The summed E-state index contributed by atoms with van der Waals surface area (Å²) in [6.07, 6.45) is 5.29. The van der Waals surface area contributed by atoms with Crippen molar-refractivity contribution in [3.05, 3.63) is 0 Å². The largest absolute Gasteiger partial charge is 0.379 e. The van der Waals surface area contributed by atoms with Crippen LogP contribution in [0.1, 0.15) is 25.7 Å². The SMILES string of the molecule is O=C(CN1CCOCC1)N[C@@H]1C[C@H]2CC[C@H]1C2. The topological polar surface area (TPSA) is 41.6 Å². The number of nitrogens with zero attached hydrogens (tertiary/aromatic N) is 1. The van der Waals surface area contributed by atoms with E-state index < -0.39 is 0 Å². The highest BCUT2D eigenvalue weighted by atomic mass is 16.5. The highest BCUT2D eigenvalue weighted by Gasteiger charge is 2.40. The lowest BCUT2D eigenvalue weighted by molar-refractivity contribution is -0.124. The van der Waals surface area contributed by atoms with Crippen LogP contribution in [0.4, 0.5) is 0 Å². The first-order valence-electron chi connectivity index (χ1n) is 6.91. The number of carbonyl (C=O) groups excluding carboxylic acids is 1. The molecule has 96 valence electrons. The van der Waals surface area contributed by atoms with E-state index in [-0.39, 0.29) is 5.91 Å². The van der Waals surface area contributed by atoms with Crippen molar-refractivity contribution < 1.29 is 9.53 Å². The van der Waals surface area contributed by atoms with Crippen molar-refractivity contribution in [3.63, 3.8) is 0 Å². The lowest BCUT2D eigenvalue weighted by Gasteiger charge is -2.28. The summed E-state index contributed by atoms with van der Waals surface area (Å²) in [4.78, 5) is 14.1. The molecule has 3 fully saturated rings. The number of fused-ring (bicyclic) bond motifs is 2. The van der Waals surface area contributed by atoms with Gasteiger partial charge in [0.15, 0.2) is 0 Å². The van der Waals surface area contributed by atoms with Gasteiger partial charge in [-0.1, -0.05) is 6.42 Å². The lowest BCUT2D eigenvalue weighted by Crippen LogP contribution is -2.47. The van der Waals surface area contributed by atoms with Crippen LogP contribution >= 0.6 is 0 Å². The van der Waals surface area contributed by atoms with Crippen molar-refractivity contribution in [1.82, 2.24) is 10.2 Å². The van der Waals surface area contributed by atoms with E-state index in [1.807, 2.05) is 0 Å². The molecule has 1 heterocycles. The Morgan fingerprint density at radius 1 is 1.24 bits per heavy atom. The molecule has 2 aliphatic carbocycles. The van der Waals surface area contributed by atoms with Crippen LogP contribution in [0.15, 0.2) is 0 Å². The van der Waals surface area contributed by atoms with Gasteiger partial charge in [0.1, 0.15) is 0 Å². The molecular formula is C13H22N2O2. The number of morpholine rings is 1. The normalized spacial score (nSPS) is 37.3. The number of rotatable bonds is 3. The van der Waals surface area contributed by atoms with Gasteiger partial charge in [0.05, 0.1) is 19.8 Å². The van der Waals surface area contributed by atoms with E-state index in [0.29, 0.717) is 12.6 Å². The van der Waals surface area contributed by atoms with Gasteiger partial charge in [-0.3, -0.25) is 9.69 Å². The molecule has 0 aromatic rings. The zero-order valence-electron chi connectivity index (χ0n) is 10.4. The maximum absolute atomic E-state index is 11.9. The molecule has 1 N–H and O–H groups in total. The second kappa shape index (κ2) is 4.94. The van der Waals surface area contributed by atoms with Gasteiger partial charge >= 0.3 is 0 Å². The minimum absolute atomic E-state index is 0.212. The van der Waals surface area contributed by atoms with E-state index in [1.54, 1.807) is 0 Å². The molecule has 4 heteroatoms. The maximum atomic E-state index is 11.9. The van der Waals surface area contributed by atoms with E-state index in [9.17, 15) is 4.79 Å². The monoisotopic (exact) mass is 238 g/mol. The van der Waals surface area contributed by atoms with Crippen LogP contribution in [-0.2, 0) is 9.53 Å². The van der Waals surface area contributed by atoms with Crippen LogP contribution in [0.2, 0.25) is 0 Å². The average Bonchev–Trinajstić information content (AvgIpc) is 2.92. The van der Waals surface area contributed by atoms with Crippen molar-refractivity contribution in [2.75, 3.05) is 32.8 Å². The van der Waals surface area contributed by atoms with Gasteiger partial charge in [0.25, 0.3) is 0 Å². The van der Waals surface area contributed by atoms with Crippen LogP contribution in [-0.4, -0.2) is 49.7 Å². The summed E-state index contributed by atoms with van der Waals surface area (Å²) in [5, 5.41) is 3.24. The van der Waals surface area contributed by atoms with Crippen LogP contribution in [0, 0.1) is 11.8 Å². The van der Waals surface area contributed by atoms with Crippen LogP contribution in [0.5, 0.6) is 0 Å². The summed E-state index contributed by atoms with van der Waals surface area (Å²) in [5.74, 6) is 1.88. The molecule has 0 unspecified atom stereocenters. The predicted molar refractivity (Wildman–Crippen MR) is 64.6 cm³/mol. The first-order chi connectivity index (χ1) is 8.31. The van der Waals surface area contributed by atoms with Crippen LogP contribution in [0.3, 0.4) is 0 Å². The summed E-state index contributed by atoms with van der Waals surface area (Å²) >= 11 is 0. The summed E-state index contributed by atoms with van der Waals surface area (Å²) in [5.41, 5.74) is 0. The van der Waals surface area contributed by atoms with Gasteiger partial charge in [0.2, 0.25) is 5.91 Å². The molecule has 2 bridgehead atoms. The molecule has 1 amide bonds. The Morgan fingerprint density at radius 2 is 2.06 bits per heavy atom. The molecular weight excluding hydrogens is 216 g/mol. The minimum Gasteiger partial charge on any atom is -0.379 e. The Bertz CT molecular complexity index is 289. The Labute approximate surface area is 103 Å². The maximum Gasteiger partial charge on any atom is 0.234 e. The van der Waals surface area contributed by atoms with Crippen molar-refractivity contribution in [2.24, 2.45) is 11.8 Å². The molecule has 2 saturated carbocycles. The summed E-state index contributed by atoms with van der Waals surface area (Å²) < 4.78 is 5.28. The molecule has 3 atom stereocenters. The van der Waals surface area contributed by atoms with Crippen molar-refractivity contribution in [3.8, 4) is 0 Å². The second-order valence-electron chi connectivity index (χ2n) is 5.74. The van der Waals surface area contributed by atoms with Crippen LogP contribution < -0.4 is 5.32 Å². The molecule has 4 nitrogen and oxygen atoms in total. The number of hydrogen-bond acceptors (Lipinski definition) is 3. The van der Waals surface area contributed by atoms with E-state index in [0.717, 1.165) is 38.1 Å². The fourth-order valence-electron chi connectivity index (χ4n) is 3.64. The molecule has 0 aromatic heterocycles. The smallest absolute Gasteiger partial charge is 0.234 e. The van der Waals surface area contributed by atoms with Gasteiger partial charge in [0, 0.05) is 19.1 Å². The molecule has 3 aliphatic rings. The number of hydrogen-bond donors (Lipinski definition) is 1. The lowest BCUT2D eigenvalue weighted by atomic mass is 9.95. The van der Waals surface area contributed by atoms with E-state index in [1.165, 1.54) is 25.7 Å². The number of carbonyl (C=O) groups is 1. The number of amides is 1. The Balaban J connectivity index is 1.44. The quantitative estimate of drug-likeness (QED) is 0.784. The third-order valence-corrected chi connectivity index (χ3v) is 4.56. The zero-order valence-corrected chi connectivity index (χ0v) is 10.4. The van der Waals surface area contributed by atoms with Gasteiger partial charge < -0.3 is 10.1 Å². The first-order valence-corrected chi connectivity index (χ1v) is 6.91. The Hall–Kier alpha value is -0.610. The van der Waals surface area contributed by atoms with Gasteiger partial charge in [-0.05, 0) is 31.1 Å². The molecule has 17 heavy (non-hydrogen) atoms. The zero-order chi connectivity index (χ0) is 11.7.